The Morgan fingerprint density at radius 2 is 2.12 bits per heavy atom. The van der Waals surface area contributed by atoms with Gasteiger partial charge in [-0.25, -0.2) is 13.1 Å². The highest BCUT2D eigenvalue weighted by Gasteiger charge is 2.21. The van der Waals surface area contributed by atoms with Gasteiger partial charge in [-0.1, -0.05) is 6.07 Å². The Morgan fingerprint density at radius 3 is 2.75 bits per heavy atom. The number of amides is 1. The first-order valence-electron chi connectivity index (χ1n) is 7.99. The summed E-state index contributed by atoms with van der Waals surface area (Å²) < 4.78 is 31.5. The molecule has 1 aromatic rings. The quantitative estimate of drug-likeness (QED) is 0.823. The molecule has 24 heavy (non-hydrogen) atoms. The summed E-state index contributed by atoms with van der Waals surface area (Å²) in [6.45, 7) is 2.82. The van der Waals surface area contributed by atoms with E-state index in [1.807, 2.05) is 4.90 Å². The van der Waals surface area contributed by atoms with Crippen LogP contribution < -0.4 is 9.46 Å². The number of carbonyl (C=O) groups is 1. The van der Waals surface area contributed by atoms with E-state index < -0.39 is 10.0 Å². The van der Waals surface area contributed by atoms with Gasteiger partial charge in [0, 0.05) is 18.7 Å². The molecular formula is C17H24N2O4S. The molecular weight excluding hydrogens is 328 g/mol. The lowest BCUT2D eigenvalue weighted by molar-refractivity contribution is -0.129. The average molecular weight is 352 g/mol. The molecule has 1 atom stereocenters. The monoisotopic (exact) mass is 352 g/mol. The molecule has 1 amide bonds. The minimum absolute atomic E-state index is 0.0453. The largest absolute Gasteiger partial charge is 0.495 e. The third-order valence-corrected chi connectivity index (χ3v) is 5.69. The van der Waals surface area contributed by atoms with Gasteiger partial charge in [0.1, 0.15) is 10.6 Å². The number of likely N-dealkylation sites (tertiary alicyclic amines) is 1. The molecule has 0 spiro atoms. The summed E-state index contributed by atoms with van der Waals surface area (Å²) >= 11 is 0. The van der Waals surface area contributed by atoms with Crippen molar-refractivity contribution in [3.05, 3.63) is 29.8 Å². The van der Waals surface area contributed by atoms with Crippen molar-refractivity contribution in [3.8, 4) is 5.75 Å². The lowest BCUT2D eigenvalue weighted by Crippen LogP contribution is -2.41. The number of hydrogen-bond donors (Lipinski definition) is 1. The zero-order valence-corrected chi connectivity index (χ0v) is 15.1. The van der Waals surface area contributed by atoms with E-state index in [1.165, 1.54) is 26.3 Å². The zero-order valence-electron chi connectivity index (χ0n) is 14.3. The summed E-state index contributed by atoms with van der Waals surface area (Å²) in [6, 6.07) is 5.04. The fraction of sp³-hybridized carbons (Fsp3) is 0.471. The van der Waals surface area contributed by atoms with Crippen LogP contribution in [0.1, 0.15) is 31.7 Å². The number of sulfonamides is 1. The van der Waals surface area contributed by atoms with Crippen LogP contribution in [0.15, 0.2) is 29.2 Å². The number of ether oxygens (including phenoxy) is 1. The van der Waals surface area contributed by atoms with Gasteiger partial charge in [-0.2, -0.15) is 0 Å². The Labute approximate surface area is 143 Å². The van der Waals surface area contributed by atoms with Crippen LogP contribution >= 0.6 is 0 Å². The first-order valence-corrected chi connectivity index (χ1v) is 9.47. The Morgan fingerprint density at radius 1 is 1.38 bits per heavy atom. The van der Waals surface area contributed by atoms with Gasteiger partial charge < -0.3 is 9.64 Å². The van der Waals surface area contributed by atoms with Crippen molar-refractivity contribution in [2.75, 3.05) is 20.7 Å². The van der Waals surface area contributed by atoms with Crippen molar-refractivity contribution >= 4 is 22.0 Å². The third-order valence-electron chi connectivity index (χ3n) is 4.25. The van der Waals surface area contributed by atoms with E-state index in [9.17, 15) is 13.2 Å². The second-order valence-electron chi connectivity index (χ2n) is 5.83. The molecule has 1 saturated heterocycles. The lowest BCUT2D eigenvalue weighted by Gasteiger charge is -2.32. The van der Waals surface area contributed by atoms with Gasteiger partial charge in [-0.15, -0.1) is 0 Å². The van der Waals surface area contributed by atoms with E-state index >= 15 is 0 Å². The fourth-order valence-electron chi connectivity index (χ4n) is 2.81. The number of methoxy groups -OCH3 is 1. The number of rotatable bonds is 5. The molecule has 1 fully saturated rings. The molecule has 1 aromatic carbocycles. The normalized spacial score (nSPS) is 18.8. The van der Waals surface area contributed by atoms with Gasteiger partial charge in [0.2, 0.25) is 15.9 Å². The average Bonchev–Trinajstić information content (AvgIpc) is 2.59. The van der Waals surface area contributed by atoms with E-state index in [1.54, 1.807) is 18.2 Å². The second kappa shape index (κ2) is 7.81. The molecule has 0 radical (unpaired) electrons. The lowest BCUT2D eigenvalue weighted by atomic mass is 10.0. The number of piperidine rings is 1. The summed E-state index contributed by atoms with van der Waals surface area (Å²) in [6.07, 6.45) is 6.33. The summed E-state index contributed by atoms with van der Waals surface area (Å²) in [7, 11) is -0.872. The highest BCUT2D eigenvalue weighted by atomic mass is 32.2. The number of nitrogens with one attached hydrogen (secondary N) is 1. The maximum absolute atomic E-state index is 12.3. The summed E-state index contributed by atoms with van der Waals surface area (Å²) in [5.41, 5.74) is 0.627. The molecule has 2 rings (SSSR count). The van der Waals surface area contributed by atoms with Crippen molar-refractivity contribution < 1.29 is 17.9 Å². The van der Waals surface area contributed by atoms with Gasteiger partial charge >= 0.3 is 0 Å². The Balaban J connectivity index is 2.23. The Kier molecular flexibility index (Phi) is 6.01. The van der Waals surface area contributed by atoms with Crippen LogP contribution in [0.3, 0.4) is 0 Å². The minimum atomic E-state index is -3.64. The number of hydrogen-bond acceptors (Lipinski definition) is 4. The van der Waals surface area contributed by atoms with Gasteiger partial charge in [0.25, 0.3) is 0 Å². The van der Waals surface area contributed by atoms with Crippen LogP contribution in [0.25, 0.3) is 6.08 Å². The van der Waals surface area contributed by atoms with Crippen molar-refractivity contribution in [1.82, 2.24) is 9.62 Å². The number of carbonyl (C=O) groups excluding carboxylic acids is 1. The van der Waals surface area contributed by atoms with Crippen molar-refractivity contribution in [2.24, 2.45) is 0 Å². The molecule has 6 nitrogen and oxygen atoms in total. The van der Waals surface area contributed by atoms with E-state index in [0.717, 1.165) is 25.8 Å². The van der Waals surface area contributed by atoms with Crippen LogP contribution in [0.4, 0.5) is 0 Å². The smallest absolute Gasteiger partial charge is 0.246 e. The molecule has 132 valence electrons. The standard InChI is InChI=1S/C17H24N2O4S/c1-13-6-4-5-11-19(13)17(20)10-8-14-7-9-15(23-3)16(12-14)24(21,22)18-2/h7-10,12-13,18H,4-6,11H2,1-3H3/b10-8+. The van der Waals surface area contributed by atoms with Crippen LogP contribution in [-0.2, 0) is 14.8 Å². The van der Waals surface area contributed by atoms with Gasteiger partial charge in [0.15, 0.2) is 0 Å². The van der Waals surface area contributed by atoms with Gasteiger partial charge in [-0.3, -0.25) is 4.79 Å². The highest BCUT2D eigenvalue weighted by Crippen LogP contribution is 2.25. The van der Waals surface area contributed by atoms with Crippen LogP contribution in [-0.4, -0.2) is 46.0 Å². The van der Waals surface area contributed by atoms with Crippen LogP contribution in [0.2, 0.25) is 0 Å². The van der Waals surface area contributed by atoms with E-state index in [4.69, 9.17) is 4.74 Å². The molecule has 1 aliphatic rings. The van der Waals surface area contributed by atoms with Crippen LogP contribution in [0.5, 0.6) is 5.75 Å². The minimum Gasteiger partial charge on any atom is -0.495 e. The van der Waals surface area contributed by atoms with Gasteiger partial charge in [0.05, 0.1) is 7.11 Å². The first kappa shape index (κ1) is 18.5. The van der Waals surface area contributed by atoms with Crippen molar-refractivity contribution in [3.63, 3.8) is 0 Å². The number of nitrogens with zero attached hydrogens (tertiary/aromatic N) is 1. The second-order valence-corrected chi connectivity index (χ2v) is 7.68. The predicted octanol–water partition coefficient (Wildman–Crippen LogP) is 2.02. The molecule has 0 bridgehead atoms. The fourth-order valence-corrected chi connectivity index (χ4v) is 3.73. The molecule has 0 aromatic heterocycles. The summed E-state index contributed by atoms with van der Waals surface area (Å²) in [5.74, 6) is 0.216. The van der Waals surface area contributed by atoms with E-state index in [2.05, 4.69) is 11.6 Å². The zero-order chi connectivity index (χ0) is 17.7. The molecule has 1 N–H and O–H groups in total. The Bertz CT molecular complexity index is 728. The van der Waals surface area contributed by atoms with Crippen molar-refractivity contribution in [2.45, 2.75) is 37.1 Å². The third kappa shape index (κ3) is 4.15. The molecule has 0 aliphatic carbocycles. The van der Waals surface area contributed by atoms with E-state index in [-0.39, 0.29) is 22.6 Å². The van der Waals surface area contributed by atoms with Crippen LogP contribution in [0, 0.1) is 0 Å². The Hall–Kier alpha value is -1.86. The molecule has 1 aliphatic heterocycles. The highest BCUT2D eigenvalue weighted by molar-refractivity contribution is 7.89. The van der Waals surface area contributed by atoms with E-state index in [0.29, 0.717) is 5.56 Å². The number of benzene rings is 1. The molecule has 1 unspecified atom stereocenters. The maximum Gasteiger partial charge on any atom is 0.246 e. The SMILES string of the molecule is CNS(=O)(=O)c1cc(/C=C/C(=O)N2CCCCC2C)ccc1OC. The summed E-state index contributed by atoms with van der Waals surface area (Å²) in [5, 5.41) is 0. The predicted molar refractivity (Wildman–Crippen MR) is 93.3 cm³/mol. The van der Waals surface area contributed by atoms with Crippen molar-refractivity contribution in [1.29, 1.82) is 0 Å². The molecule has 7 heteroatoms. The molecule has 0 saturated carbocycles. The molecule has 1 heterocycles. The topological polar surface area (TPSA) is 75.7 Å². The summed E-state index contributed by atoms with van der Waals surface area (Å²) in [4.78, 5) is 14.2. The maximum atomic E-state index is 12.3. The first-order chi connectivity index (χ1) is 11.4. The van der Waals surface area contributed by atoms with Gasteiger partial charge in [-0.05, 0) is 57.0 Å².